The molecule has 2 heterocycles. The van der Waals surface area contributed by atoms with Crippen LogP contribution < -0.4 is 5.73 Å². The number of furan rings is 1. The standard InChI is InChI=1S/C11H18N3O2.2ClH/c1-8-9(7-12)14(3,15)11(13(8)2)10-5-4-6-16-10;;/h4-6,11,15H,7,12H2,1-3H3;2*1H/q+1;;. The number of hydroxylamine groups is 3. The van der Waals surface area contributed by atoms with E-state index in [1.54, 1.807) is 13.3 Å². The summed E-state index contributed by atoms with van der Waals surface area (Å²) < 4.78 is 5.12. The second-order valence-electron chi connectivity index (χ2n) is 4.26. The predicted molar refractivity (Wildman–Crippen MR) is 73.4 cm³/mol. The van der Waals surface area contributed by atoms with Gasteiger partial charge in [0.2, 0.25) is 0 Å². The van der Waals surface area contributed by atoms with Crippen LogP contribution in [0.25, 0.3) is 0 Å². The van der Waals surface area contributed by atoms with Crippen LogP contribution in [0.5, 0.6) is 0 Å². The zero-order valence-corrected chi connectivity index (χ0v) is 12.3. The quantitative estimate of drug-likeness (QED) is 0.821. The fourth-order valence-electron chi connectivity index (χ4n) is 2.41. The number of likely N-dealkylation sites (N-methyl/N-ethyl adjacent to an activating group) is 1. The van der Waals surface area contributed by atoms with E-state index in [4.69, 9.17) is 10.2 Å². The number of nitrogens with two attached hydrogens (primary N) is 1. The van der Waals surface area contributed by atoms with E-state index < -0.39 is 0 Å². The number of allylic oxidation sites excluding steroid dienone is 1. The number of hydrogen-bond donors (Lipinski definition) is 2. The van der Waals surface area contributed by atoms with Crippen LogP contribution in [0.2, 0.25) is 0 Å². The largest absolute Gasteiger partial charge is 0.461 e. The molecule has 0 saturated carbocycles. The Kier molecular flexibility index (Phi) is 5.71. The van der Waals surface area contributed by atoms with Crippen molar-refractivity contribution in [2.75, 3.05) is 20.6 Å². The molecule has 3 N–H and O–H groups in total. The molecule has 0 spiro atoms. The molecule has 0 saturated heterocycles. The van der Waals surface area contributed by atoms with Crippen LogP contribution >= 0.6 is 24.8 Å². The van der Waals surface area contributed by atoms with Gasteiger partial charge in [-0.2, -0.15) is 0 Å². The van der Waals surface area contributed by atoms with E-state index in [-0.39, 0.29) is 35.6 Å². The summed E-state index contributed by atoms with van der Waals surface area (Å²) in [6, 6.07) is 3.68. The zero-order chi connectivity index (χ0) is 11.9. The second-order valence-corrected chi connectivity index (χ2v) is 4.26. The van der Waals surface area contributed by atoms with Gasteiger partial charge < -0.3 is 15.1 Å². The van der Waals surface area contributed by atoms with Gasteiger partial charge in [-0.3, -0.25) is 0 Å². The molecule has 7 heteroatoms. The molecule has 2 atom stereocenters. The number of nitrogens with zero attached hydrogens (tertiary/aromatic N) is 2. The summed E-state index contributed by atoms with van der Waals surface area (Å²) in [5, 5.41) is 10.5. The van der Waals surface area contributed by atoms with Crippen molar-refractivity contribution >= 4 is 24.8 Å². The Bertz CT molecular complexity index is 418. The highest BCUT2D eigenvalue weighted by Crippen LogP contribution is 2.41. The molecule has 0 aromatic carbocycles. The highest BCUT2D eigenvalue weighted by molar-refractivity contribution is 5.85. The third-order valence-electron chi connectivity index (χ3n) is 3.33. The third kappa shape index (κ3) is 2.37. The summed E-state index contributed by atoms with van der Waals surface area (Å²) in [5.74, 6) is 0.732. The van der Waals surface area contributed by atoms with Gasteiger partial charge in [-0.05, 0) is 19.1 Å². The summed E-state index contributed by atoms with van der Waals surface area (Å²) in [6.07, 6.45) is 1.35. The van der Waals surface area contributed by atoms with Crippen molar-refractivity contribution in [2.45, 2.75) is 13.1 Å². The Balaban J connectivity index is 0.00000144. The van der Waals surface area contributed by atoms with E-state index in [0.717, 1.165) is 17.2 Å². The first-order valence-corrected chi connectivity index (χ1v) is 5.25. The monoisotopic (exact) mass is 296 g/mol. The van der Waals surface area contributed by atoms with Crippen LogP contribution in [-0.4, -0.2) is 35.4 Å². The highest BCUT2D eigenvalue weighted by atomic mass is 35.5. The topological polar surface area (TPSA) is 62.6 Å². The summed E-state index contributed by atoms with van der Waals surface area (Å²) in [6.45, 7) is 2.29. The van der Waals surface area contributed by atoms with Gasteiger partial charge in [0.15, 0.2) is 11.5 Å². The van der Waals surface area contributed by atoms with Crippen molar-refractivity contribution in [1.82, 2.24) is 4.90 Å². The van der Waals surface area contributed by atoms with Gasteiger partial charge in [0.05, 0.1) is 18.5 Å². The minimum absolute atomic E-state index is 0. The molecule has 5 nitrogen and oxygen atoms in total. The van der Waals surface area contributed by atoms with E-state index in [1.807, 2.05) is 31.0 Å². The van der Waals surface area contributed by atoms with Gasteiger partial charge in [0.1, 0.15) is 7.05 Å². The van der Waals surface area contributed by atoms with Crippen LogP contribution in [0.4, 0.5) is 0 Å². The molecule has 1 aromatic heterocycles. The van der Waals surface area contributed by atoms with Gasteiger partial charge >= 0.3 is 0 Å². The third-order valence-corrected chi connectivity index (χ3v) is 3.33. The number of quaternary nitrogens is 1. The molecule has 1 aromatic rings. The lowest BCUT2D eigenvalue weighted by atomic mass is 10.3. The van der Waals surface area contributed by atoms with Gasteiger partial charge in [0.25, 0.3) is 6.17 Å². The molecular weight excluding hydrogens is 277 g/mol. The minimum atomic E-state index is -0.258. The van der Waals surface area contributed by atoms with Crippen molar-refractivity contribution in [2.24, 2.45) is 5.73 Å². The fourth-order valence-corrected chi connectivity index (χ4v) is 2.41. The fraction of sp³-hybridized carbons (Fsp3) is 0.455. The molecule has 0 aliphatic carbocycles. The molecule has 0 amide bonds. The van der Waals surface area contributed by atoms with Gasteiger partial charge in [-0.25, -0.2) is 5.21 Å². The Morgan fingerprint density at radius 2 is 2.11 bits per heavy atom. The first-order chi connectivity index (χ1) is 7.50. The Morgan fingerprint density at radius 3 is 2.50 bits per heavy atom. The van der Waals surface area contributed by atoms with Crippen molar-refractivity contribution in [3.63, 3.8) is 0 Å². The number of halogens is 2. The van der Waals surface area contributed by atoms with Crippen LogP contribution in [0.15, 0.2) is 34.2 Å². The zero-order valence-electron chi connectivity index (χ0n) is 10.7. The molecule has 18 heavy (non-hydrogen) atoms. The number of rotatable bonds is 2. The van der Waals surface area contributed by atoms with Crippen LogP contribution in [0.3, 0.4) is 0 Å². The Hall–Kier alpha value is -0.720. The van der Waals surface area contributed by atoms with Crippen LogP contribution in [-0.2, 0) is 0 Å². The SMILES string of the molecule is CC1=C(CN)[N+](C)(O)C(c2ccco2)N1C.Cl.Cl. The lowest BCUT2D eigenvalue weighted by Crippen LogP contribution is -2.44. The van der Waals surface area contributed by atoms with Crippen LogP contribution in [0.1, 0.15) is 18.8 Å². The molecule has 1 aliphatic heterocycles. The van der Waals surface area contributed by atoms with Gasteiger partial charge in [-0.15, -0.1) is 29.5 Å². The minimum Gasteiger partial charge on any atom is -0.461 e. The van der Waals surface area contributed by atoms with E-state index in [2.05, 4.69) is 0 Å². The highest BCUT2D eigenvalue weighted by Gasteiger charge is 2.49. The van der Waals surface area contributed by atoms with Crippen molar-refractivity contribution < 1.29 is 14.3 Å². The lowest BCUT2D eigenvalue weighted by Gasteiger charge is -2.30. The number of hydrogen-bond acceptors (Lipinski definition) is 4. The van der Waals surface area contributed by atoms with Crippen molar-refractivity contribution in [3.8, 4) is 0 Å². The van der Waals surface area contributed by atoms with Crippen molar-refractivity contribution in [3.05, 3.63) is 35.6 Å². The van der Waals surface area contributed by atoms with E-state index in [9.17, 15) is 5.21 Å². The molecule has 0 radical (unpaired) electrons. The summed E-state index contributed by atoms with van der Waals surface area (Å²) in [5.41, 5.74) is 7.49. The van der Waals surface area contributed by atoms with E-state index in [1.165, 1.54) is 0 Å². The maximum atomic E-state index is 10.5. The lowest BCUT2D eigenvalue weighted by molar-refractivity contribution is -1.08. The van der Waals surface area contributed by atoms with Gasteiger partial charge in [-0.1, -0.05) is 0 Å². The smallest absolute Gasteiger partial charge is 0.258 e. The summed E-state index contributed by atoms with van der Waals surface area (Å²) in [4.78, 5) is 1.99. The first kappa shape index (κ1) is 17.3. The molecule has 0 fully saturated rings. The van der Waals surface area contributed by atoms with E-state index >= 15 is 0 Å². The average Bonchev–Trinajstić information content (AvgIpc) is 2.75. The second kappa shape index (κ2) is 5.95. The predicted octanol–water partition coefficient (Wildman–Crippen LogP) is 2.09. The first-order valence-electron chi connectivity index (χ1n) is 5.25. The summed E-state index contributed by atoms with van der Waals surface area (Å²) in [7, 11) is 3.65. The molecule has 2 unspecified atom stereocenters. The Morgan fingerprint density at radius 1 is 1.50 bits per heavy atom. The Labute approximate surface area is 119 Å². The molecule has 2 rings (SSSR count). The average molecular weight is 297 g/mol. The van der Waals surface area contributed by atoms with Crippen molar-refractivity contribution in [1.29, 1.82) is 0 Å². The van der Waals surface area contributed by atoms with Gasteiger partial charge in [0, 0.05) is 7.05 Å². The molecule has 0 bridgehead atoms. The van der Waals surface area contributed by atoms with Crippen LogP contribution in [0, 0.1) is 0 Å². The maximum Gasteiger partial charge on any atom is 0.258 e. The molecule has 104 valence electrons. The maximum absolute atomic E-state index is 10.5. The molecular formula is C11H20Cl2N3O2+. The molecule has 1 aliphatic rings. The van der Waals surface area contributed by atoms with E-state index in [0.29, 0.717) is 6.54 Å². The normalized spacial score (nSPS) is 26.9. The summed E-state index contributed by atoms with van der Waals surface area (Å²) >= 11 is 0.